The summed E-state index contributed by atoms with van der Waals surface area (Å²) in [7, 11) is 0. The molecule has 1 saturated carbocycles. The summed E-state index contributed by atoms with van der Waals surface area (Å²) in [4.78, 5) is 59.0. The smallest absolute Gasteiger partial charge is 0.316 e. The Morgan fingerprint density at radius 3 is 1.95 bits per heavy atom. The Hall–Kier alpha value is -3.34. The molecule has 43 heavy (non-hydrogen) atoms. The van der Waals surface area contributed by atoms with Gasteiger partial charge in [0.1, 0.15) is 5.76 Å². The van der Waals surface area contributed by atoms with Crippen molar-refractivity contribution in [1.82, 2.24) is 0 Å². The van der Waals surface area contributed by atoms with E-state index in [0.717, 1.165) is 16.7 Å². The molecule has 5 heteroatoms. The van der Waals surface area contributed by atoms with Gasteiger partial charge in [0.15, 0.2) is 22.8 Å². The molecule has 2 aliphatic rings. The molecular weight excluding hydrogens is 536 g/mol. The van der Waals surface area contributed by atoms with Crippen LogP contribution < -0.4 is 0 Å². The fraction of sp³-hybridized carbons (Fsp3) is 0.526. The zero-order valence-corrected chi connectivity index (χ0v) is 28.1. The van der Waals surface area contributed by atoms with Crippen LogP contribution >= 0.6 is 0 Å². The Bertz CT molecular complexity index is 1410. The molecule has 0 aliphatic heterocycles. The number of ketones is 3. The van der Waals surface area contributed by atoms with Gasteiger partial charge in [0, 0.05) is 11.1 Å². The van der Waals surface area contributed by atoms with Gasteiger partial charge in [-0.2, -0.15) is 0 Å². The molecule has 0 N–H and O–H groups in total. The van der Waals surface area contributed by atoms with E-state index >= 15 is 9.59 Å². The maximum absolute atomic E-state index is 15.4. The molecule has 0 amide bonds. The Morgan fingerprint density at radius 1 is 0.884 bits per heavy atom. The van der Waals surface area contributed by atoms with Crippen molar-refractivity contribution in [3.05, 3.63) is 82.2 Å². The van der Waals surface area contributed by atoms with Crippen molar-refractivity contribution < 1.29 is 23.9 Å². The fourth-order valence-corrected chi connectivity index (χ4v) is 6.54. The first-order chi connectivity index (χ1) is 19.8. The van der Waals surface area contributed by atoms with Crippen LogP contribution in [0.1, 0.15) is 112 Å². The van der Waals surface area contributed by atoms with Crippen LogP contribution in [0.25, 0.3) is 0 Å². The summed E-state index contributed by atoms with van der Waals surface area (Å²) in [6.45, 7) is 20.9. The number of carbonyl (C=O) groups is 4. The molecule has 0 unspecified atom stereocenters. The van der Waals surface area contributed by atoms with Gasteiger partial charge in [-0.1, -0.05) is 79.1 Å². The summed E-state index contributed by atoms with van der Waals surface area (Å²) in [5.74, 6) is -2.08. The predicted molar refractivity (Wildman–Crippen MR) is 172 cm³/mol. The lowest BCUT2D eigenvalue weighted by molar-refractivity contribution is -0.169. The van der Waals surface area contributed by atoms with Gasteiger partial charge < -0.3 is 4.74 Å². The topological polar surface area (TPSA) is 77.5 Å². The van der Waals surface area contributed by atoms with Crippen LogP contribution in [0.3, 0.4) is 0 Å². The zero-order valence-electron chi connectivity index (χ0n) is 28.1. The highest BCUT2D eigenvalue weighted by Gasteiger charge is 2.75. The second-order valence-corrected chi connectivity index (χ2v) is 14.7. The lowest BCUT2D eigenvalue weighted by Gasteiger charge is -2.60. The highest BCUT2D eigenvalue weighted by atomic mass is 16.5. The largest absolute Gasteiger partial charge is 0.429 e. The molecule has 3 rings (SSSR count). The molecule has 2 aliphatic carbocycles. The Kier molecular flexibility index (Phi) is 9.80. The van der Waals surface area contributed by atoms with Gasteiger partial charge in [0.2, 0.25) is 0 Å². The van der Waals surface area contributed by atoms with Crippen LogP contribution in [-0.2, 0) is 19.1 Å². The van der Waals surface area contributed by atoms with Crippen LogP contribution in [-0.4, -0.2) is 23.3 Å². The first-order valence-electron chi connectivity index (χ1n) is 15.4. The summed E-state index contributed by atoms with van der Waals surface area (Å²) in [5.41, 5.74) is -1.58. The maximum Gasteiger partial charge on any atom is 0.316 e. The van der Waals surface area contributed by atoms with Crippen molar-refractivity contribution in [2.24, 2.45) is 27.6 Å². The standard InChI is InChI=1S/C38H50O5/c1-24(2)17-19-28-23-37(22-21-26(5)6)32(43-34(42)35(7,8)9)29(20-18-25(3)4)31(40)38(33(37)41,36(28,10)11)30(39)27-15-13-12-14-16-27/h12-18,21,28H,19-20,22-23H2,1-11H3/t28-,37-,38+/m1/s1. The van der Waals surface area contributed by atoms with Crippen molar-refractivity contribution in [3.63, 3.8) is 0 Å². The number of Topliss-reactive ketones (excluding diaryl/α,β-unsaturated/α-hetero) is 3. The molecule has 0 saturated heterocycles. The second-order valence-electron chi connectivity index (χ2n) is 14.7. The molecule has 1 aromatic rings. The van der Waals surface area contributed by atoms with E-state index in [1.807, 2.05) is 73.6 Å². The number of rotatable bonds is 9. The molecule has 3 atom stereocenters. The number of esters is 1. The van der Waals surface area contributed by atoms with E-state index in [2.05, 4.69) is 6.08 Å². The lowest BCUT2D eigenvalue weighted by Crippen LogP contribution is -2.70. The Balaban J connectivity index is 2.56. The Morgan fingerprint density at radius 2 is 1.44 bits per heavy atom. The van der Waals surface area contributed by atoms with E-state index in [-0.39, 0.29) is 30.1 Å². The van der Waals surface area contributed by atoms with Gasteiger partial charge in [-0.15, -0.1) is 0 Å². The van der Waals surface area contributed by atoms with E-state index < -0.39 is 45.0 Å². The monoisotopic (exact) mass is 586 g/mol. The molecule has 1 aromatic carbocycles. The molecule has 232 valence electrons. The summed E-state index contributed by atoms with van der Waals surface area (Å²) in [6.07, 6.45) is 7.34. The van der Waals surface area contributed by atoms with Gasteiger partial charge in [0.25, 0.3) is 0 Å². The predicted octanol–water partition coefficient (Wildman–Crippen LogP) is 8.95. The minimum Gasteiger partial charge on any atom is -0.429 e. The second kappa shape index (κ2) is 12.3. The van der Waals surface area contributed by atoms with E-state index in [9.17, 15) is 9.59 Å². The molecular formula is C38H50O5. The minimum absolute atomic E-state index is 0.131. The summed E-state index contributed by atoms with van der Waals surface area (Å²) in [6, 6.07) is 8.68. The van der Waals surface area contributed by atoms with E-state index in [1.165, 1.54) is 0 Å². The quantitative estimate of drug-likeness (QED) is 0.125. The van der Waals surface area contributed by atoms with Crippen molar-refractivity contribution in [3.8, 4) is 0 Å². The van der Waals surface area contributed by atoms with Gasteiger partial charge in [-0.05, 0) is 99.3 Å². The van der Waals surface area contributed by atoms with Crippen molar-refractivity contribution in [2.45, 2.75) is 102 Å². The third-order valence-corrected chi connectivity index (χ3v) is 9.25. The third-order valence-electron chi connectivity index (χ3n) is 9.25. The zero-order chi connectivity index (χ0) is 32.5. The van der Waals surface area contributed by atoms with Gasteiger partial charge in [0.05, 0.1) is 10.8 Å². The number of ether oxygens (including phenoxy) is 1. The average molecular weight is 587 g/mol. The van der Waals surface area contributed by atoms with Crippen molar-refractivity contribution in [2.75, 3.05) is 0 Å². The molecule has 5 nitrogen and oxygen atoms in total. The van der Waals surface area contributed by atoms with Crippen LogP contribution in [0.2, 0.25) is 0 Å². The minimum atomic E-state index is -1.98. The number of hydrogen-bond donors (Lipinski definition) is 0. The van der Waals surface area contributed by atoms with Crippen molar-refractivity contribution >= 4 is 23.3 Å². The maximum atomic E-state index is 15.4. The number of benzene rings is 1. The third kappa shape index (κ3) is 6.05. The molecule has 1 fully saturated rings. The molecule has 0 heterocycles. The number of hydrogen-bond acceptors (Lipinski definition) is 5. The average Bonchev–Trinajstić information content (AvgIpc) is 2.90. The van der Waals surface area contributed by atoms with E-state index in [0.29, 0.717) is 18.4 Å². The summed E-state index contributed by atoms with van der Waals surface area (Å²) in [5, 5.41) is 0. The summed E-state index contributed by atoms with van der Waals surface area (Å²) >= 11 is 0. The molecule has 0 spiro atoms. The SMILES string of the molecule is CC(C)=CCC1=C(OC(=O)C(C)(C)C)[C@@]2(CC=C(C)C)C[C@@H](CC=C(C)C)C(C)(C)[C@@](C(=O)c3ccccc3)(C1=O)C2=O. The van der Waals surface area contributed by atoms with Crippen LogP contribution in [0.4, 0.5) is 0 Å². The van der Waals surface area contributed by atoms with Gasteiger partial charge in [-0.3, -0.25) is 19.2 Å². The van der Waals surface area contributed by atoms with Crippen LogP contribution in [0.5, 0.6) is 0 Å². The van der Waals surface area contributed by atoms with Gasteiger partial charge in [-0.25, -0.2) is 0 Å². The van der Waals surface area contributed by atoms with Crippen molar-refractivity contribution in [1.29, 1.82) is 0 Å². The lowest BCUT2D eigenvalue weighted by atomic mass is 9.39. The number of allylic oxidation sites excluding steroid dienone is 8. The highest BCUT2D eigenvalue weighted by molar-refractivity contribution is 6.36. The Labute approximate surface area is 258 Å². The number of fused-ring (bicyclic) bond motifs is 2. The van der Waals surface area contributed by atoms with Crippen LogP contribution in [0.15, 0.2) is 76.6 Å². The van der Waals surface area contributed by atoms with Crippen LogP contribution in [0, 0.1) is 27.6 Å². The fourth-order valence-electron chi connectivity index (χ4n) is 6.54. The first kappa shape index (κ1) is 34.2. The summed E-state index contributed by atoms with van der Waals surface area (Å²) < 4.78 is 6.25. The van der Waals surface area contributed by atoms with E-state index in [1.54, 1.807) is 45.0 Å². The van der Waals surface area contributed by atoms with E-state index in [4.69, 9.17) is 4.74 Å². The van der Waals surface area contributed by atoms with Gasteiger partial charge >= 0.3 is 5.97 Å². The molecule has 0 aromatic heterocycles. The molecule has 0 radical (unpaired) electrons. The molecule has 2 bridgehead atoms. The number of carbonyl (C=O) groups excluding carboxylic acids is 4. The first-order valence-corrected chi connectivity index (χ1v) is 15.4. The normalized spacial score (nSPS) is 24.7. The highest BCUT2D eigenvalue weighted by Crippen LogP contribution is 2.66.